The number of H-pyrrole nitrogens is 1. The number of hydrogen-bond acceptors (Lipinski definition) is 4. The number of fused-ring (bicyclic) bond motifs is 1. The number of halogens is 1. The summed E-state index contributed by atoms with van der Waals surface area (Å²) in [5, 5.41) is 3.64. The second-order valence-corrected chi connectivity index (χ2v) is 4.40. The van der Waals surface area contributed by atoms with Gasteiger partial charge in [-0.05, 0) is 24.4 Å². The molecule has 1 saturated carbocycles. The molecular weight excluding hydrogens is 226 g/mol. The van der Waals surface area contributed by atoms with Gasteiger partial charge in [0, 0.05) is 6.04 Å². The maximum Gasteiger partial charge on any atom is 0.226 e. The van der Waals surface area contributed by atoms with E-state index in [4.69, 9.17) is 11.6 Å². The maximum atomic E-state index is 5.86. The Hall–Kier alpha value is -1.36. The third-order valence-corrected chi connectivity index (χ3v) is 3.12. The number of nitrogens with one attached hydrogen (secondary N) is 2. The van der Waals surface area contributed by atoms with E-state index in [9.17, 15) is 0 Å². The van der Waals surface area contributed by atoms with Gasteiger partial charge in [0.15, 0.2) is 11.5 Å². The minimum atomic E-state index is 0.247. The Bertz CT molecular complexity index is 503. The summed E-state index contributed by atoms with van der Waals surface area (Å²) in [4.78, 5) is 15.4. The van der Waals surface area contributed by atoms with Crippen LogP contribution in [0.2, 0.25) is 5.28 Å². The molecule has 0 amide bonds. The molecule has 2 heterocycles. The summed E-state index contributed by atoms with van der Waals surface area (Å²) in [5.74, 6) is 0.739. The highest BCUT2D eigenvalue weighted by atomic mass is 35.5. The molecule has 5 nitrogen and oxygen atoms in total. The molecule has 0 aliphatic heterocycles. The van der Waals surface area contributed by atoms with Crippen molar-refractivity contribution in [1.82, 2.24) is 19.9 Å². The van der Waals surface area contributed by atoms with Crippen molar-refractivity contribution >= 4 is 28.6 Å². The lowest BCUT2D eigenvalue weighted by molar-refractivity contribution is 0.751. The summed E-state index contributed by atoms with van der Waals surface area (Å²) in [7, 11) is 0. The second-order valence-electron chi connectivity index (χ2n) is 4.07. The van der Waals surface area contributed by atoms with Crippen LogP contribution in [0.3, 0.4) is 0 Å². The largest absolute Gasteiger partial charge is 0.365 e. The summed E-state index contributed by atoms with van der Waals surface area (Å²) in [5.41, 5.74) is 1.44. The van der Waals surface area contributed by atoms with Gasteiger partial charge >= 0.3 is 0 Å². The molecule has 84 valence electrons. The van der Waals surface area contributed by atoms with E-state index in [0.29, 0.717) is 11.7 Å². The smallest absolute Gasteiger partial charge is 0.226 e. The van der Waals surface area contributed by atoms with Crippen LogP contribution in [0, 0.1) is 0 Å². The second kappa shape index (κ2) is 3.90. The van der Waals surface area contributed by atoms with Gasteiger partial charge in [-0.3, -0.25) is 0 Å². The highest BCUT2D eigenvalue weighted by Gasteiger charge is 2.17. The molecule has 3 rings (SSSR count). The van der Waals surface area contributed by atoms with Crippen LogP contribution in [0.4, 0.5) is 5.82 Å². The van der Waals surface area contributed by atoms with E-state index in [1.165, 1.54) is 25.7 Å². The van der Waals surface area contributed by atoms with E-state index < -0.39 is 0 Å². The molecule has 1 aliphatic rings. The zero-order valence-electron chi connectivity index (χ0n) is 8.70. The average Bonchev–Trinajstić information content (AvgIpc) is 2.87. The summed E-state index contributed by atoms with van der Waals surface area (Å²) in [6.45, 7) is 0. The molecule has 0 saturated heterocycles. The van der Waals surface area contributed by atoms with Crippen molar-refractivity contribution in [1.29, 1.82) is 0 Å². The first kappa shape index (κ1) is 9.84. The lowest BCUT2D eigenvalue weighted by atomic mass is 10.2. The molecule has 0 spiro atoms. The maximum absolute atomic E-state index is 5.86. The van der Waals surface area contributed by atoms with E-state index in [-0.39, 0.29) is 5.28 Å². The lowest BCUT2D eigenvalue weighted by Gasteiger charge is -2.12. The molecule has 2 N–H and O–H groups in total. The molecule has 2 aromatic heterocycles. The van der Waals surface area contributed by atoms with Gasteiger partial charge < -0.3 is 10.3 Å². The summed E-state index contributed by atoms with van der Waals surface area (Å²) in [6, 6.07) is 0.492. The fourth-order valence-corrected chi connectivity index (χ4v) is 2.34. The van der Waals surface area contributed by atoms with Crippen LogP contribution in [0.25, 0.3) is 11.2 Å². The summed E-state index contributed by atoms with van der Waals surface area (Å²) in [6.07, 6.45) is 6.54. The lowest BCUT2D eigenvalue weighted by Crippen LogP contribution is -2.16. The van der Waals surface area contributed by atoms with Crippen molar-refractivity contribution in [3.63, 3.8) is 0 Å². The van der Waals surface area contributed by atoms with E-state index in [2.05, 4.69) is 25.3 Å². The quantitative estimate of drug-likeness (QED) is 0.787. The van der Waals surface area contributed by atoms with Crippen molar-refractivity contribution < 1.29 is 0 Å². The molecule has 6 heteroatoms. The zero-order chi connectivity index (χ0) is 11.0. The topological polar surface area (TPSA) is 66.5 Å². The van der Waals surface area contributed by atoms with Gasteiger partial charge in [-0.15, -0.1) is 0 Å². The number of nitrogens with zero attached hydrogens (tertiary/aromatic N) is 3. The number of rotatable bonds is 2. The molecule has 0 aromatic carbocycles. The molecule has 16 heavy (non-hydrogen) atoms. The van der Waals surface area contributed by atoms with Gasteiger partial charge in [-0.1, -0.05) is 12.8 Å². The van der Waals surface area contributed by atoms with Crippen LogP contribution in [-0.4, -0.2) is 26.0 Å². The normalized spacial score (nSPS) is 17.1. The van der Waals surface area contributed by atoms with Crippen molar-refractivity contribution in [2.45, 2.75) is 31.7 Å². The molecule has 0 atom stereocenters. The standard InChI is InChI=1S/C10H12ClN5/c11-10-15-8-7(12-5-13-8)9(16-10)14-6-3-1-2-4-6/h5-6H,1-4H2,(H2,12,13,14,15,16). The Kier molecular flexibility index (Phi) is 2.40. The van der Waals surface area contributed by atoms with E-state index in [1.54, 1.807) is 6.33 Å². The minimum absolute atomic E-state index is 0.247. The third kappa shape index (κ3) is 1.71. The Morgan fingerprint density at radius 1 is 1.31 bits per heavy atom. The number of aromatic nitrogens is 4. The molecule has 0 bridgehead atoms. The van der Waals surface area contributed by atoms with Gasteiger partial charge in [0.25, 0.3) is 0 Å². The highest BCUT2D eigenvalue weighted by Crippen LogP contribution is 2.25. The molecule has 0 radical (unpaired) electrons. The van der Waals surface area contributed by atoms with Crippen LogP contribution in [-0.2, 0) is 0 Å². The molecule has 2 aromatic rings. The zero-order valence-corrected chi connectivity index (χ0v) is 9.46. The molecular formula is C10H12ClN5. The van der Waals surface area contributed by atoms with E-state index in [1.807, 2.05) is 0 Å². The number of hydrogen-bond donors (Lipinski definition) is 2. The first-order valence-electron chi connectivity index (χ1n) is 5.46. The van der Waals surface area contributed by atoms with E-state index >= 15 is 0 Å². The van der Waals surface area contributed by atoms with Crippen molar-refractivity contribution in [3.05, 3.63) is 11.6 Å². The Balaban J connectivity index is 1.97. The number of imidazole rings is 1. The molecule has 1 aliphatic carbocycles. The predicted molar refractivity (Wildman–Crippen MR) is 62.6 cm³/mol. The predicted octanol–water partition coefficient (Wildman–Crippen LogP) is 2.36. The Morgan fingerprint density at radius 3 is 2.94 bits per heavy atom. The van der Waals surface area contributed by atoms with Crippen LogP contribution < -0.4 is 5.32 Å². The van der Waals surface area contributed by atoms with Gasteiger partial charge in [0.05, 0.1) is 6.33 Å². The minimum Gasteiger partial charge on any atom is -0.365 e. The number of anilines is 1. The van der Waals surface area contributed by atoms with Crippen LogP contribution in [0.15, 0.2) is 6.33 Å². The van der Waals surface area contributed by atoms with Gasteiger partial charge in [-0.2, -0.15) is 9.97 Å². The Morgan fingerprint density at radius 2 is 2.12 bits per heavy atom. The van der Waals surface area contributed by atoms with Gasteiger partial charge in [0.2, 0.25) is 5.28 Å². The summed E-state index contributed by atoms with van der Waals surface area (Å²) >= 11 is 5.86. The summed E-state index contributed by atoms with van der Waals surface area (Å²) < 4.78 is 0. The SMILES string of the molecule is Clc1nc(NC2CCCC2)c2nc[nH]c2n1. The average molecular weight is 238 g/mol. The highest BCUT2D eigenvalue weighted by molar-refractivity contribution is 6.28. The monoisotopic (exact) mass is 237 g/mol. The Labute approximate surface area is 97.7 Å². The van der Waals surface area contributed by atoms with Crippen LogP contribution in [0.5, 0.6) is 0 Å². The van der Waals surface area contributed by atoms with Crippen molar-refractivity contribution in [2.24, 2.45) is 0 Å². The fourth-order valence-electron chi connectivity index (χ4n) is 2.17. The van der Waals surface area contributed by atoms with Crippen LogP contribution >= 0.6 is 11.6 Å². The van der Waals surface area contributed by atoms with Crippen molar-refractivity contribution in [2.75, 3.05) is 5.32 Å². The first-order valence-corrected chi connectivity index (χ1v) is 5.84. The third-order valence-electron chi connectivity index (χ3n) is 2.95. The molecule has 0 unspecified atom stereocenters. The van der Waals surface area contributed by atoms with Crippen molar-refractivity contribution in [3.8, 4) is 0 Å². The first-order chi connectivity index (χ1) is 7.83. The van der Waals surface area contributed by atoms with Gasteiger partial charge in [0.1, 0.15) is 5.52 Å². The number of aromatic amines is 1. The fraction of sp³-hybridized carbons (Fsp3) is 0.500. The molecule has 1 fully saturated rings. The van der Waals surface area contributed by atoms with Gasteiger partial charge in [-0.25, -0.2) is 4.98 Å². The van der Waals surface area contributed by atoms with E-state index in [0.717, 1.165) is 11.3 Å². The van der Waals surface area contributed by atoms with Crippen LogP contribution in [0.1, 0.15) is 25.7 Å².